The average molecular weight is 297 g/mol. The first kappa shape index (κ1) is 16.2. The fourth-order valence-corrected chi connectivity index (χ4v) is 2.27. The van der Waals surface area contributed by atoms with E-state index >= 15 is 0 Å². The Morgan fingerprint density at radius 3 is 2.60 bits per heavy atom. The maximum Gasteiger partial charge on any atom is 0.326 e. The molecule has 0 aromatic heterocycles. The van der Waals surface area contributed by atoms with Gasteiger partial charge in [0.1, 0.15) is 11.9 Å². The Kier molecular flexibility index (Phi) is 6.79. The molecule has 0 aliphatic heterocycles. The summed E-state index contributed by atoms with van der Waals surface area (Å²) in [5.74, 6) is -1.01. The first-order valence-corrected chi connectivity index (χ1v) is 7.13. The normalized spacial score (nSPS) is 11.7. The number of hydrogen-bond donors (Lipinski definition) is 2. The Morgan fingerprint density at radius 1 is 1.40 bits per heavy atom. The number of amides is 1. The fourth-order valence-electron chi connectivity index (χ4n) is 1.47. The molecular formula is C14H16FNO3S. The number of thioether (sulfide) groups is 1. The van der Waals surface area contributed by atoms with Crippen molar-refractivity contribution in [2.75, 3.05) is 5.75 Å². The number of benzene rings is 1. The van der Waals surface area contributed by atoms with Gasteiger partial charge in [0, 0.05) is 5.75 Å². The molecule has 0 aliphatic rings. The molecule has 2 N–H and O–H groups in total. The Morgan fingerprint density at radius 2 is 2.05 bits per heavy atom. The fraction of sp³-hybridized carbons (Fsp3) is 0.286. The Labute approximate surface area is 121 Å². The molecule has 0 heterocycles. The second-order valence-corrected chi connectivity index (χ2v) is 5.09. The van der Waals surface area contributed by atoms with Gasteiger partial charge in [0.15, 0.2) is 0 Å². The van der Waals surface area contributed by atoms with E-state index in [9.17, 15) is 14.0 Å². The molecule has 20 heavy (non-hydrogen) atoms. The molecule has 1 atom stereocenters. The van der Waals surface area contributed by atoms with E-state index in [1.807, 2.05) is 0 Å². The van der Waals surface area contributed by atoms with E-state index in [1.165, 1.54) is 30.0 Å². The van der Waals surface area contributed by atoms with Crippen molar-refractivity contribution >= 4 is 23.6 Å². The lowest BCUT2D eigenvalue weighted by Gasteiger charge is -2.12. The topological polar surface area (TPSA) is 66.4 Å². The van der Waals surface area contributed by atoms with Crippen LogP contribution < -0.4 is 5.32 Å². The van der Waals surface area contributed by atoms with Gasteiger partial charge in [-0.3, -0.25) is 4.79 Å². The molecule has 0 fully saturated rings. The Hall–Kier alpha value is -1.82. The number of carboxylic acids is 1. The van der Waals surface area contributed by atoms with Gasteiger partial charge >= 0.3 is 5.97 Å². The van der Waals surface area contributed by atoms with Crippen molar-refractivity contribution in [3.8, 4) is 0 Å². The molecule has 1 amide bonds. The molecule has 108 valence electrons. The number of halogens is 1. The van der Waals surface area contributed by atoms with E-state index in [1.54, 1.807) is 12.1 Å². The average Bonchev–Trinajstić information content (AvgIpc) is 2.40. The maximum absolute atomic E-state index is 12.7. The van der Waals surface area contributed by atoms with Crippen molar-refractivity contribution in [2.24, 2.45) is 0 Å². The molecule has 6 heteroatoms. The summed E-state index contributed by atoms with van der Waals surface area (Å²) in [5, 5.41) is 11.3. The molecule has 1 unspecified atom stereocenters. The summed E-state index contributed by atoms with van der Waals surface area (Å²) in [7, 11) is 0. The summed E-state index contributed by atoms with van der Waals surface area (Å²) >= 11 is 1.34. The van der Waals surface area contributed by atoms with Crippen LogP contribution in [-0.2, 0) is 15.3 Å². The number of hydrogen-bond acceptors (Lipinski definition) is 3. The molecule has 0 bridgehead atoms. The minimum atomic E-state index is -1.08. The summed E-state index contributed by atoms with van der Waals surface area (Å²) in [6, 6.07) is 5.09. The van der Waals surface area contributed by atoms with Crippen molar-refractivity contribution in [3.05, 3.63) is 48.3 Å². The summed E-state index contributed by atoms with van der Waals surface area (Å²) in [4.78, 5) is 22.4. The lowest BCUT2D eigenvalue weighted by Crippen LogP contribution is -2.41. The number of nitrogens with one attached hydrogen (secondary N) is 1. The van der Waals surface area contributed by atoms with Crippen LogP contribution in [0.3, 0.4) is 0 Å². The Bertz CT molecular complexity index is 476. The zero-order valence-electron chi connectivity index (χ0n) is 10.8. The summed E-state index contributed by atoms with van der Waals surface area (Å²) in [5.41, 5.74) is 0.907. The number of carbonyl (C=O) groups excluding carboxylic acids is 1. The van der Waals surface area contributed by atoms with Crippen molar-refractivity contribution in [2.45, 2.75) is 18.2 Å². The smallest absolute Gasteiger partial charge is 0.326 e. The molecule has 0 spiro atoms. The van der Waals surface area contributed by atoms with Gasteiger partial charge < -0.3 is 10.4 Å². The third-order valence-electron chi connectivity index (χ3n) is 2.45. The molecule has 0 saturated heterocycles. The minimum Gasteiger partial charge on any atom is -0.480 e. The monoisotopic (exact) mass is 297 g/mol. The van der Waals surface area contributed by atoms with E-state index in [-0.39, 0.29) is 23.9 Å². The molecule has 0 saturated carbocycles. The van der Waals surface area contributed by atoms with E-state index in [2.05, 4.69) is 11.9 Å². The van der Waals surface area contributed by atoms with Crippen LogP contribution in [0.1, 0.15) is 12.0 Å². The zero-order valence-corrected chi connectivity index (χ0v) is 11.7. The van der Waals surface area contributed by atoms with E-state index in [0.717, 1.165) is 5.56 Å². The van der Waals surface area contributed by atoms with Gasteiger partial charge in [0.25, 0.3) is 0 Å². The highest BCUT2D eigenvalue weighted by Gasteiger charge is 2.17. The molecule has 0 aliphatic carbocycles. The minimum absolute atomic E-state index is 0.151. The molecule has 1 aromatic rings. The van der Waals surface area contributed by atoms with Gasteiger partial charge in [-0.25, -0.2) is 9.18 Å². The van der Waals surface area contributed by atoms with Crippen LogP contribution in [0.25, 0.3) is 0 Å². The largest absolute Gasteiger partial charge is 0.480 e. The standard InChI is InChI=1S/C14H16FNO3S/c1-2-3-12(14(18)19)16-13(17)9-20-8-10-4-6-11(15)7-5-10/h2,4-7,12H,1,3,8-9H2,(H,16,17)(H,18,19). The summed E-state index contributed by atoms with van der Waals surface area (Å²) in [6.45, 7) is 3.45. The molecular weight excluding hydrogens is 281 g/mol. The predicted molar refractivity (Wildman–Crippen MR) is 76.9 cm³/mol. The van der Waals surface area contributed by atoms with Gasteiger partial charge in [0.05, 0.1) is 5.75 Å². The SMILES string of the molecule is C=CCC(NC(=O)CSCc1ccc(F)cc1)C(=O)O. The number of carboxylic acid groups (broad SMARTS) is 1. The highest BCUT2D eigenvalue weighted by molar-refractivity contribution is 7.99. The van der Waals surface area contributed by atoms with Crippen LogP contribution in [-0.4, -0.2) is 28.8 Å². The highest BCUT2D eigenvalue weighted by Crippen LogP contribution is 2.12. The van der Waals surface area contributed by atoms with E-state index in [4.69, 9.17) is 5.11 Å². The lowest BCUT2D eigenvalue weighted by atomic mass is 10.2. The third-order valence-corrected chi connectivity index (χ3v) is 3.45. The van der Waals surface area contributed by atoms with Crippen molar-refractivity contribution in [3.63, 3.8) is 0 Å². The van der Waals surface area contributed by atoms with Crippen LogP contribution >= 0.6 is 11.8 Å². The number of rotatable bonds is 8. The van der Waals surface area contributed by atoms with Crippen molar-refractivity contribution < 1.29 is 19.1 Å². The predicted octanol–water partition coefficient (Wildman–Crippen LogP) is 2.20. The summed E-state index contributed by atoms with van der Waals surface area (Å²) < 4.78 is 12.7. The zero-order chi connectivity index (χ0) is 15.0. The number of aliphatic carboxylic acids is 1. The second kappa shape index (κ2) is 8.37. The first-order chi connectivity index (χ1) is 9.52. The van der Waals surface area contributed by atoms with Crippen molar-refractivity contribution in [1.82, 2.24) is 5.32 Å². The maximum atomic E-state index is 12.7. The van der Waals surface area contributed by atoms with Gasteiger partial charge in [0.2, 0.25) is 5.91 Å². The van der Waals surface area contributed by atoms with Crippen LogP contribution in [0.2, 0.25) is 0 Å². The van der Waals surface area contributed by atoms with Gasteiger partial charge in [-0.05, 0) is 24.1 Å². The van der Waals surface area contributed by atoms with Crippen LogP contribution in [0.15, 0.2) is 36.9 Å². The van der Waals surface area contributed by atoms with Gasteiger partial charge in [-0.15, -0.1) is 18.3 Å². The van der Waals surface area contributed by atoms with Crippen LogP contribution in [0.5, 0.6) is 0 Å². The first-order valence-electron chi connectivity index (χ1n) is 5.98. The third kappa shape index (κ3) is 5.88. The van der Waals surface area contributed by atoms with E-state index < -0.39 is 12.0 Å². The molecule has 1 rings (SSSR count). The number of carbonyl (C=O) groups is 2. The molecule has 1 aromatic carbocycles. The van der Waals surface area contributed by atoms with Crippen LogP contribution in [0.4, 0.5) is 4.39 Å². The van der Waals surface area contributed by atoms with Crippen LogP contribution in [0, 0.1) is 5.82 Å². The Balaban J connectivity index is 2.33. The second-order valence-electron chi connectivity index (χ2n) is 4.10. The summed E-state index contributed by atoms with van der Waals surface area (Å²) in [6.07, 6.45) is 1.63. The van der Waals surface area contributed by atoms with Crippen molar-refractivity contribution in [1.29, 1.82) is 0 Å². The molecule has 4 nitrogen and oxygen atoms in total. The highest BCUT2D eigenvalue weighted by atomic mass is 32.2. The van der Waals surface area contributed by atoms with Gasteiger partial charge in [-0.2, -0.15) is 0 Å². The van der Waals surface area contributed by atoms with E-state index in [0.29, 0.717) is 5.75 Å². The van der Waals surface area contributed by atoms with Gasteiger partial charge in [-0.1, -0.05) is 18.2 Å². The quantitative estimate of drug-likeness (QED) is 0.722. The molecule has 0 radical (unpaired) electrons. The lowest BCUT2D eigenvalue weighted by molar-refractivity contribution is -0.141.